The highest BCUT2D eigenvalue weighted by atomic mass is 127. The number of esters is 1. The highest BCUT2D eigenvalue weighted by Crippen LogP contribution is 2.43. The largest absolute Gasteiger partial charge is 0.462 e. The highest BCUT2D eigenvalue weighted by molar-refractivity contribution is 14.1. The van der Waals surface area contributed by atoms with Crippen molar-refractivity contribution in [3.63, 3.8) is 0 Å². The fraction of sp³-hybridized carbons (Fsp3) is 0.625. The van der Waals surface area contributed by atoms with Crippen molar-refractivity contribution < 1.29 is 14.6 Å². The van der Waals surface area contributed by atoms with Crippen molar-refractivity contribution in [1.82, 2.24) is 4.98 Å². The van der Waals surface area contributed by atoms with Gasteiger partial charge in [0.25, 0.3) is 0 Å². The number of aliphatic hydroxyl groups is 1. The lowest BCUT2D eigenvalue weighted by Gasteiger charge is -2.35. The molecule has 0 amide bonds. The third-order valence-corrected chi connectivity index (χ3v) is 4.99. The summed E-state index contributed by atoms with van der Waals surface area (Å²) in [6.07, 6.45) is 1.62. The van der Waals surface area contributed by atoms with Crippen LogP contribution in [0.5, 0.6) is 0 Å². The highest BCUT2D eigenvalue weighted by Gasteiger charge is 2.36. The Kier molecular flexibility index (Phi) is 4.92. The second-order valence-corrected chi connectivity index (χ2v) is 7.32. The fourth-order valence-electron chi connectivity index (χ4n) is 2.96. The maximum absolute atomic E-state index is 12.2. The summed E-state index contributed by atoms with van der Waals surface area (Å²) in [5.41, 5.74) is 3.06. The van der Waals surface area contributed by atoms with Crippen LogP contribution in [0.2, 0.25) is 0 Å². The molecule has 0 saturated carbocycles. The number of nitrogens with zero attached hydrogens (tertiary/aromatic N) is 1. The first-order chi connectivity index (χ1) is 9.80. The van der Waals surface area contributed by atoms with Gasteiger partial charge in [-0.05, 0) is 54.2 Å². The van der Waals surface area contributed by atoms with Crippen LogP contribution in [0.25, 0.3) is 0 Å². The summed E-state index contributed by atoms with van der Waals surface area (Å²) in [5.74, 6) is -0.342. The Labute approximate surface area is 139 Å². The van der Waals surface area contributed by atoms with Crippen molar-refractivity contribution in [2.75, 3.05) is 6.61 Å². The number of aromatic nitrogens is 1. The van der Waals surface area contributed by atoms with E-state index in [0.29, 0.717) is 25.0 Å². The Bertz CT molecular complexity index is 569. The summed E-state index contributed by atoms with van der Waals surface area (Å²) in [7, 11) is 0. The topological polar surface area (TPSA) is 59.4 Å². The van der Waals surface area contributed by atoms with E-state index in [1.807, 2.05) is 6.92 Å². The number of fused-ring (bicyclic) bond motifs is 1. The van der Waals surface area contributed by atoms with Crippen LogP contribution in [-0.4, -0.2) is 22.7 Å². The maximum Gasteiger partial charge on any atom is 0.341 e. The van der Waals surface area contributed by atoms with Crippen molar-refractivity contribution in [2.24, 2.45) is 5.41 Å². The van der Waals surface area contributed by atoms with E-state index < -0.39 is 6.10 Å². The van der Waals surface area contributed by atoms with E-state index in [4.69, 9.17) is 4.74 Å². The first-order valence-corrected chi connectivity index (χ1v) is 8.45. The Morgan fingerprint density at radius 2 is 2.14 bits per heavy atom. The van der Waals surface area contributed by atoms with Crippen molar-refractivity contribution in [2.45, 2.75) is 53.1 Å². The second kappa shape index (κ2) is 6.20. The quantitative estimate of drug-likeness (QED) is 0.621. The van der Waals surface area contributed by atoms with E-state index in [1.54, 1.807) is 6.92 Å². The van der Waals surface area contributed by atoms with Crippen molar-refractivity contribution in [3.05, 3.63) is 26.1 Å². The van der Waals surface area contributed by atoms with Crippen LogP contribution in [0.1, 0.15) is 67.5 Å². The molecule has 0 fully saturated rings. The zero-order chi connectivity index (χ0) is 15.8. The van der Waals surface area contributed by atoms with Gasteiger partial charge in [0.05, 0.1) is 24.0 Å². The number of ether oxygens (including phenoxy) is 1. The first kappa shape index (κ1) is 16.7. The minimum atomic E-state index is -0.567. The minimum absolute atomic E-state index is 0.0267. The molecule has 0 aromatic carbocycles. The van der Waals surface area contributed by atoms with Gasteiger partial charge in [-0.1, -0.05) is 20.8 Å². The summed E-state index contributed by atoms with van der Waals surface area (Å²) in [4.78, 5) is 16.9. The molecule has 0 aliphatic heterocycles. The Hall–Kier alpha value is -0.690. The molecule has 116 valence electrons. The smallest absolute Gasteiger partial charge is 0.341 e. The van der Waals surface area contributed by atoms with Gasteiger partial charge < -0.3 is 9.84 Å². The lowest BCUT2D eigenvalue weighted by atomic mass is 9.74. The molecule has 1 heterocycles. The molecule has 21 heavy (non-hydrogen) atoms. The summed E-state index contributed by atoms with van der Waals surface area (Å²) in [6.45, 7) is 8.39. The predicted octanol–water partition coefficient (Wildman–Crippen LogP) is 3.43. The monoisotopic (exact) mass is 403 g/mol. The molecule has 1 aliphatic rings. The summed E-state index contributed by atoms with van der Waals surface area (Å²) in [6, 6.07) is 0. The van der Waals surface area contributed by atoms with Crippen LogP contribution in [0, 0.1) is 8.99 Å². The SMILES string of the molecule is CCOC(=O)c1c(CC)nc2c(c1I)C(O)CC(C)(C)C2. The van der Waals surface area contributed by atoms with Gasteiger partial charge >= 0.3 is 5.97 Å². The summed E-state index contributed by atoms with van der Waals surface area (Å²) in [5, 5.41) is 10.5. The van der Waals surface area contributed by atoms with Gasteiger partial charge in [0.15, 0.2) is 0 Å². The standard InChI is InChI=1S/C16H22INO3/c1-5-9-13(15(20)21-6-2)14(17)12-10(18-9)7-16(3,4)8-11(12)19/h11,19H,5-8H2,1-4H3. The number of carbonyl (C=O) groups excluding carboxylic acids is 1. The van der Waals surface area contributed by atoms with Crippen LogP contribution in [0.15, 0.2) is 0 Å². The Morgan fingerprint density at radius 3 is 2.71 bits per heavy atom. The number of halogens is 1. The molecule has 1 atom stereocenters. The third kappa shape index (κ3) is 3.23. The molecular weight excluding hydrogens is 381 g/mol. The Balaban J connectivity index is 2.61. The molecule has 1 aliphatic carbocycles. The molecular formula is C16H22INO3. The lowest BCUT2D eigenvalue weighted by molar-refractivity contribution is 0.0521. The van der Waals surface area contributed by atoms with Crippen molar-refractivity contribution >= 4 is 28.6 Å². The van der Waals surface area contributed by atoms with Gasteiger partial charge in [-0.15, -0.1) is 0 Å². The average molecular weight is 403 g/mol. The lowest BCUT2D eigenvalue weighted by Crippen LogP contribution is -2.29. The number of hydrogen-bond donors (Lipinski definition) is 1. The molecule has 0 bridgehead atoms. The van der Waals surface area contributed by atoms with E-state index in [0.717, 1.165) is 26.9 Å². The molecule has 4 nitrogen and oxygen atoms in total. The molecule has 0 spiro atoms. The van der Waals surface area contributed by atoms with Crippen LogP contribution in [0.3, 0.4) is 0 Å². The number of carbonyl (C=O) groups is 1. The zero-order valence-electron chi connectivity index (χ0n) is 13.0. The van der Waals surface area contributed by atoms with Gasteiger partial charge in [0.1, 0.15) is 0 Å². The molecule has 1 aromatic rings. The van der Waals surface area contributed by atoms with E-state index in [1.165, 1.54) is 0 Å². The summed E-state index contributed by atoms with van der Waals surface area (Å²) >= 11 is 2.15. The number of hydrogen-bond acceptors (Lipinski definition) is 4. The van der Waals surface area contributed by atoms with Crippen LogP contribution in [0.4, 0.5) is 0 Å². The van der Waals surface area contributed by atoms with Gasteiger partial charge in [-0.25, -0.2) is 4.79 Å². The van der Waals surface area contributed by atoms with Gasteiger partial charge in [0, 0.05) is 14.8 Å². The third-order valence-electron chi connectivity index (χ3n) is 3.86. The van der Waals surface area contributed by atoms with Crippen molar-refractivity contribution in [1.29, 1.82) is 0 Å². The molecule has 2 rings (SSSR count). The first-order valence-electron chi connectivity index (χ1n) is 7.37. The molecule has 1 N–H and O–H groups in total. The average Bonchev–Trinajstić information content (AvgIpc) is 2.35. The number of rotatable bonds is 3. The second-order valence-electron chi connectivity index (χ2n) is 6.24. The zero-order valence-corrected chi connectivity index (χ0v) is 15.2. The molecule has 0 saturated heterocycles. The minimum Gasteiger partial charge on any atom is -0.462 e. The van der Waals surface area contributed by atoms with Crippen molar-refractivity contribution in [3.8, 4) is 0 Å². The van der Waals surface area contributed by atoms with Gasteiger partial charge in [-0.2, -0.15) is 0 Å². The van der Waals surface area contributed by atoms with Crippen LogP contribution < -0.4 is 0 Å². The van der Waals surface area contributed by atoms with E-state index >= 15 is 0 Å². The van der Waals surface area contributed by atoms with Crippen LogP contribution >= 0.6 is 22.6 Å². The summed E-state index contributed by atoms with van der Waals surface area (Å²) < 4.78 is 5.95. The van der Waals surface area contributed by atoms with E-state index in [-0.39, 0.29) is 11.4 Å². The molecule has 0 radical (unpaired) electrons. The van der Waals surface area contributed by atoms with Gasteiger partial charge in [0.2, 0.25) is 0 Å². The maximum atomic E-state index is 12.2. The number of pyridine rings is 1. The predicted molar refractivity (Wildman–Crippen MR) is 89.4 cm³/mol. The van der Waals surface area contributed by atoms with E-state index in [2.05, 4.69) is 41.4 Å². The molecule has 5 heteroatoms. The van der Waals surface area contributed by atoms with E-state index in [9.17, 15) is 9.90 Å². The molecule has 1 unspecified atom stereocenters. The molecule has 1 aromatic heterocycles. The number of aryl methyl sites for hydroxylation is 1. The van der Waals surface area contributed by atoms with Gasteiger partial charge in [-0.3, -0.25) is 4.98 Å². The fourth-order valence-corrected chi connectivity index (χ4v) is 4.16. The Morgan fingerprint density at radius 1 is 1.48 bits per heavy atom. The van der Waals surface area contributed by atoms with Crippen LogP contribution in [-0.2, 0) is 17.6 Å². The number of aliphatic hydroxyl groups excluding tert-OH is 1. The normalized spacial score (nSPS) is 20.0.